The van der Waals surface area contributed by atoms with Crippen LogP contribution in [0.15, 0.2) is 36.4 Å². The Bertz CT molecular complexity index is 617. The van der Waals surface area contributed by atoms with Gasteiger partial charge in [-0.25, -0.2) is 0 Å². The smallest absolute Gasteiger partial charge is 0.137 e. The van der Waals surface area contributed by atoms with E-state index in [-0.39, 0.29) is 6.04 Å². The summed E-state index contributed by atoms with van der Waals surface area (Å²) < 4.78 is 10.5. The lowest BCUT2D eigenvalue weighted by Crippen LogP contribution is -2.13. The number of ether oxygens (including phenoxy) is 2. The van der Waals surface area contributed by atoms with Gasteiger partial charge in [-0.1, -0.05) is 35.3 Å². The highest BCUT2D eigenvalue weighted by atomic mass is 35.5. The van der Waals surface area contributed by atoms with Crippen LogP contribution < -0.4 is 15.2 Å². The second kappa shape index (κ2) is 6.35. The zero-order valence-corrected chi connectivity index (χ0v) is 12.7. The average molecular weight is 312 g/mol. The standard InChI is InChI=1S/C15H15Cl2NO2/c1-19-13-8-10(16)4-5-11(13)15(18)9-3-6-12(17)14(7-9)20-2/h3-8,15H,18H2,1-2H3. The molecule has 2 N–H and O–H groups in total. The normalized spacial score (nSPS) is 12.1. The highest BCUT2D eigenvalue weighted by molar-refractivity contribution is 6.32. The molecule has 0 amide bonds. The van der Waals surface area contributed by atoms with Gasteiger partial charge >= 0.3 is 0 Å². The molecule has 0 spiro atoms. The first-order valence-electron chi connectivity index (χ1n) is 5.99. The van der Waals surface area contributed by atoms with E-state index in [1.54, 1.807) is 32.4 Å². The fourth-order valence-electron chi connectivity index (χ4n) is 1.99. The molecule has 0 fully saturated rings. The van der Waals surface area contributed by atoms with Crippen LogP contribution in [0.2, 0.25) is 10.0 Å². The van der Waals surface area contributed by atoms with Gasteiger partial charge in [0.25, 0.3) is 0 Å². The SMILES string of the molecule is COc1cc(C(N)c2ccc(Cl)cc2OC)ccc1Cl. The van der Waals surface area contributed by atoms with Gasteiger partial charge in [0.05, 0.1) is 25.3 Å². The van der Waals surface area contributed by atoms with Gasteiger partial charge in [0, 0.05) is 10.6 Å². The van der Waals surface area contributed by atoms with Crippen molar-refractivity contribution in [1.29, 1.82) is 0 Å². The number of halogens is 2. The topological polar surface area (TPSA) is 44.5 Å². The van der Waals surface area contributed by atoms with Crippen molar-refractivity contribution in [2.24, 2.45) is 5.73 Å². The van der Waals surface area contributed by atoms with Crippen molar-refractivity contribution in [3.05, 3.63) is 57.6 Å². The zero-order valence-electron chi connectivity index (χ0n) is 11.2. The largest absolute Gasteiger partial charge is 0.496 e. The summed E-state index contributed by atoms with van der Waals surface area (Å²) in [7, 11) is 3.16. The van der Waals surface area contributed by atoms with Crippen molar-refractivity contribution in [3.8, 4) is 11.5 Å². The van der Waals surface area contributed by atoms with E-state index in [9.17, 15) is 0 Å². The van der Waals surface area contributed by atoms with Gasteiger partial charge < -0.3 is 15.2 Å². The van der Waals surface area contributed by atoms with Gasteiger partial charge in [-0.05, 0) is 29.8 Å². The van der Waals surface area contributed by atoms with Gasteiger partial charge in [0.15, 0.2) is 0 Å². The highest BCUT2D eigenvalue weighted by Crippen LogP contribution is 2.34. The summed E-state index contributed by atoms with van der Waals surface area (Å²) in [6.07, 6.45) is 0. The minimum absolute atomic E-state index is 0.353. The third-order valence-corrected chi connectivity index (χ3v) is 3.61. The number of hydrogen-bond acceptors (Lipinski definition) is 3. The second-order valence-corrected chi connectivity index (χ2v) is 5.10. The molecule has 2 rings (SSSR count). The van der Waals surface area contributed by atoms with E-state index in [0.717, 1.165) is 11.1 Å². The minimum atomic E-state index is -0.353. The Morgan fingerprint density at radius 3 is 2.30 bits per heavy atom. The lowest BCUT2D eigenvalue weighted by molar-refractivity contribution is 0.407. The molecule has 1 atom stereocenters. The molecule has 0 heterocycles. The van der Waals surface area contributed by atoms with E-state index in [4.69, 9.17) is 38.4 Å². The van der Waals surface area contributed by atoms with Crippen LogP contribution in [-0.4, -0.2) is 14.2 Å². The molecular weight excluding hydrogens is 297 g/mol. The van der Waals surface area contributed by atoms with Crippen LogP contribution in [-0.2, 0) is 0 Å². The van der Waals surface area contributed by atoms with Crippen LogP contribution in [0.5, 0.6) is 11.5 Å². The monoisotopic (exact) mass is 311 g/mol. The predicted molar refractivity (Wildman–Crippen MR) is 82.0 cm³/mol. The molecular formula is C15H15Cl2NO2. The van der Waals surface area contributed by atoms with Crippen molar-refractivity contribution < 1.29 is 9.47 Å². The van der Waals surface area contributed by atoms with Crippen molar-refractivity contribution in [3.63, 3.8) is 0 Å². The average Bonchev–Trinajstić information content (AvgIpc) is 2.46. The summed E-state index contributed by atoms with van der Waals surface area (Å²) >= 11 is 12.0. The molecule has 3 nitrogen and oxygen atoms in total. The van der Waals surface area contributed by atoms with Crippen molar-refractivity contribution in [2.45, 2.75) is 6.04 Å². The molecule has 0 aliphatic rings. The van der Waals surface area contributed by atoms with Gasteiger partial charge in [-0.3, -0.25) is 0 Å². The maximum absolute atomic E-state index is 6.29. The van der Waals surface area contributed by atoms with E-state index in [1.807, 2.05) is 18.2 Å². The molecule has 20 heavy (non-hydrogen) atoms. The van der Waals surface area contributed by atoms with Crippen molar-refractivity contribution >= 4 is 23.2 Å². The van der Waals surface area contributed by atoms with Crippen LogP contribution in [0, 0.1) is 0 Å². The Labute approximate surface area is 128 Å². The lowest BCUT2D eigenvalue weighted by Gasteiger charge is -2.17. The maximum atomic E-state index is 6.29. The van der Waals surface area contributed by atoms with E-state index in [2.05, 4.69) is 0 Å². The summed E-state index contributed by atoms with van der Waals surface area (Å²) in [4.78, 5) is 0. The molecule has 2 aromatic carbocycles. The van der Waals surface area contributed by atoms with Gasteiger partial charge in [0.1, 0.15) is 11.5 Å². The number of nitrogens with two attached hydrogens (primary N) is 1. The Hall–Kier alpha value is -1.42. The van der Waals surface area contributed by atoms with Crippen molar-refractivity contribution in [1.82, 2.24) is 0 Å². The summed E-state index contributed by atoms with van der Waals surface area (Å²) in [5, 5.41) is 1.15. The van der Waals surface area contributed by atoms with E-state index < -0.39 is 0 Å². The third kappa shape index (κ3) is 3.01. The minimum Gasteiger partial charge on any atom is -0.496 e. The van der Waals surface area contributed by atoms with E-state index in [0.29, 0.717) is 21.5 Å². The Balaban J connectivity index is 2.43. The Morgan fingerprint density at radius 1 is 0.950 bits per heavy atom. The van der Waals surface area contributed by atoms with Gasteiger partial charge in [-0.2, -0.15) is 0 Å². The van der Waals surface area contributed by atoms with Crippen LogP contribution in [0.3, 0.4) is 0 Å². The lowest BCUT2D eigenvalue weighted by atomic mass is 9.98. The molecule has 0 saturated heterocycles. The van der Waals surface area contributed by atoms with Gasteiger partial charge in [-0.15, -0.1) is 0 Å². The van der Waals surface area contributed by atoms with Crippen LogP contribution in [0.4, 0.5) is 0 Å². The quantitative estimate of drug-likeness (QED) is 0.926. The molecule has 1 unspecified atom stereocenters. The predicted octanol–water partition coefficient (Wildman–Crippen LogP) is 4.06. The molecule has 0 aromatic heterocycles. The first-order valence-corrected chi connectivity index (χ1v) is 6.75. The first kappa shape index (κ1) is 15.0. The Kier molecular flexibility index (Phi) is 4.76. The van der Waals surface area contributed by atoms with E-state index in [1.165, 1.54) is 0 Å². The van der Waals surface area contributed by atoms with Gasteiger partial charge in [0.2, 0.25) is 0 Å². The number of rotatable bonds is 4. The molecule has 106 valence electrons. The summed E-state index contributed by atoms with van der Waals surface area (Å²) in [5.41, 5.74) is 8.02. The molecule has 0 aliphatic heterocycles. The zero-order chi connectivity index (χ0) is 14.7. The van der Waals surface area contributed by atoms with Crippen LogP contribution in [0.1, 0.15) is 17.2 Å². The van der Waals surface area contributed by atoms with Crippen molar-refractivity contribution in [2.75, 3.05) is 14.2 Å². The molecule has 0 saturated carbocycles. The van der Waals surface area contributed by atoms with E-state index >= 15 is 0 Å². The third-order valence-electron chi connectivity index (χ3n) is 3.06. The molecule has 0 aliphatic carbocycles. The Morgan fingerprint density at radius 2 is 1.65 bits per heavy atom. The first-order chi connectivity index (χ1) is 9.56. The fraction of sp³-hybridized carbons (Fsp3) is 0.200. The number of methoxy groups -OCH3 is 2. The molecule has 0 radical (unpaired) electrons. The maximum Gasteiger partial charge on any atom is 0.137 e. The van der Waals surface area contributed by atoms with Crippen LogP contribution >= 0.6 is 23.2 Å². The number of benzene rings is 2. The summed E-state index contributed by atoms with van der Waals surface area (Å²) in [6.45, 7) is 0. The number of hydrogen-bond donors (Lipinski definition) is 1. The molecule has 5 heteroatoms. The summed E-state index contributed by atoms with van der Waals surface area (Å²) in [6, 6.07) is 10.5. The fourth-order valence-corrected chi connectivity index (χ4v) is 2.35. The highest BCUT2D eigenvalue weighted by Gasteiger charge is 2.16. The molecule has 0 bridgehead atoms. The van der Waals surface area contributed by atoms with Crippen LogP contribution in [0.25, 0.3) is 0 Å². The summed E-state index contributed by atoms with van der Waals surface area (Å²) in [5.74, 6) is 1.24. The molecule has 2 aromatic rings. The second-order valence-electron chi connectivity index (χ2n) is 4.26.